The van der Waals surface area contributed by atoms with E-state index >= 15 is 0 Å². The third-order valence-corrected chi connectivity index (χ3v) is 5.55. The molecule has 1 aromatic carbocycles. The molecule has 2 heterocycles. The average Bonchev–Trinajstić information content (AvgIpc) is 2.92. The fourth-order valence-corrected chi connectivity index (χ4v) is 3.75. The van der Waals surface area contributed by atoms with E-state index < -0.39 is 10.9 Å². The molecule has 7 heteroatoms. The summed E-state index contributed by atoms with van der Waals surface area (Å²) in [7, 11) is 0. The quantitative estimate of drug-likeness (QED) is 0.760. The number of ether oxygens (including phenoxy) is 1. The molecule has 1 fully saturated rings. The van der Waals surface area contributed by atoms with Gasteiger partial charge < -0.3 is 9.84 Å². The van der Waals surface area contributed by atoms with Crippen molar-refractivity contribution < 1.29 is 19.4 Å². The van der Waals surface area contributed by atoms with Crippen molar-refractivity contribution in [3.8, 4) is 5.75 Å². The van der Waals surface area contributed by atoms with Gasteiger partial charge in [0.05, 0.1) is 5.69 Å². The SMILES string of the molecule is CCc1ccc(C(O)COc2ccc(CC3(C)SC(=O)NC3=O)cc2)nc1. The van der Waals surface area contributed by atoms with Crippen LogP contribution in [0, 0.1) is 0 Å². The Kier molecular flexibility index (Phi) is 5.82. The summed E-state index contributed by atoms with van der Waals surface area (Å²) in [6.07, 6.45) is 2.31. The molecule has 1 aliphatic rings. The number of thioether (sulfide) groups is 1. The van der Waals surface area contributed by atoms with E-state index in [0.29, 0.717) is 17.9 Å². The molecule has 3 rings (SSSR count). The largest absolute Gasteiger partial charge is 0.490 e. The van der Waals surface area contributed by atoms with E-state index in [4.69, 9.17) is 4.74 Å². The second-order valence-corrected chi connectivity index (χ2v) is 8.14. The van der Waals surface area contributed by atoms with Crippen molar-refractivity contribution in [1.29, 1.82) is 0 Å². The van der Waals surface area contributed by atoms with Crippen LogP contribution >= 0.6 is 11.8 Å². The van der Waals surface area contributed by atoms with Crippen LogP contribution < -0.4 is 10.1 Å². The number of hydrogen-bond donors (Lipinski definition) is 2. The number of hydrogen-bond acceptors (Lipinski definition) is 6. The maximum atomic E-state index is 11.9. The van der Waals surface area contributed by atoms with Gasteiger partial charge in [0.1, 0.15) is 23.2 Å². The number of aromatic nitrogens is 1. The van der Waals surface area contributed by atoms with Gasteiger partial charge in [-0.15, -0.1) is 0 Å². The molecule has 0 spiro atoms. The zero-order valence-corrected chi connectivity index (χ0v) is 16.1. The van der Waals surface area contributed by atoms with Gasteiger partial charge in [-0.25, -0.2) is 0 Å². The summed E-state index contributed by atoms with van der Waals surface area (Å²) in [5.41, 5.74) is 2.62. The van der Waals surface area contributed by atoms with Crippen molar-refractivity contribution >= 4 is 22.9 Å². The molecule has 0 aliphatic carbocycles. The Morgan fingerprint density at radius 3 is 2.44 bits per heavy atom. The van der Waals surface area contributed by atoms with Crippen LogP contribution in [0.15, 0.2) is 42.6 Å². The summed E-state index contributed by atoms with van der Waals surface area (Å²) in [5.74, 6) is 0.357. The molecule has 27 heavy (non-hydrogen) atoms. The molecule has 0 saturated carbocycles. The van der Waals surface area contributed by atoms with Crippen molar-refractivity contribution in [2.24, 2.45) is 0 Å². The molecule has 6 nitrogen and oxygen atoms in total. The number of imide groups is 1. The van der Waals surface area contributed by atoms with Gasteiger partial charge in [0.2, 0.25) is 5.91 Å². The minimum Gasteiger partial charge on any atom is -0.490 e. The fraction of sp³-hybridized carbons (Fsp3) is 0.350. The van der Waals surface area contributed by atoms with Gasteiger partial charge in [-0.2, -0.15) is 0 Å². The second-order valence-electron chi connectivity index (χ2n) is 6.67. The number of nitrogens with one attached hydrogen (secondary N) is 1. The summed E-state index contributed by atoms with van der Waals surface area (Å²) in [6, 6.07) is 11.1. The van der Waals surface area contributed by atoms with E-state index in [1.165, 1.54) is 0 Å². The zero-order chi connectivity index (χ0) is 19.4. The average molecular weight is 386 g/mol. The molecular formula is C20H22N2O4S. The first kappa shape index (κ1) is 19.4. The van der Waals surface area contributed by atoms with E-state index in [1.54, 1.807) is 25.3 Å². The van der Waals surface area contributed by atoms with Crippen molar-refractivity contribution in [2.45, 2.75) is 37.5 Å². The van der Waals surface area contributed by atoms with Crippen LogP contribution in [-0.2, 0) is 17.6 Å². The predicted molar refractivity (Wildman–Crippen MR) is 104 cm³/mol. The lowest BCUT2D eigenvalue weighted by Gasteiger charge is -2.18. The molecule has 1 aliphatic heterocycles. The number of benzene rings is 1. The van der Waals surface area contributed by atoms with Crippen LogP contribution in [0.5, 0.6) is 5.75 Å². The Bertz CT molecular complexity index is 823. The standard InChI is InChI=1S/C20H22N2O4S/c1-3-13-6-9-16(21-11-13)17(23)12-26-15-7-4-14(5-8-15)10-20(2)18(24)22-19(25)27-20/h4-9,11,17,23H,3,10,12H2,1-2H3,(H,22,24,25). The Balaban J connectivity index is 1.56. The number of aliphatic hydroxyl groups excluding tert-OH is 1. The first-order chi connectivity index (χ1) is 12.9. The van der Waals surface area contributed by atoms with Gasteiger partial charge in [-0.3, -0.25) is 19.9 Å². The van der Waals surface area contributed by atoms with Crippen molar-refractivity contribution in [3.05, 3.63) is 59.4 Å². The van der Waals surface area contributed by atoms with Crippen molar-refractivity contribution in [3.63, 3.8) is 0 Å². The minimum absolute atomic E-state index is 0.0995. The third-order valence-electron chi connectivity index (χ3n) is 4.48. The van der Waals surface area contributed by atoms with E-state index in [2.05, 4.69) is 17.2 Å². The van der Waals surface area contributed by atoms with Crippen LogP contribution in [0.1, 0.15) is 36.8 Å². The van der Waals surface area contributed by atoms with E-state index in [1.807, 2.05) is 24.3 Å². The molecule has 2 aromatic rings. The normalized spacial score (nSPS) is 20.4. The van der Waals surface area contributed by atoms with E-state index in [9.17, 15) is 14.7 Å². The van der Waals surface area contributed by atoms with Gasteiger partial charge >= 0.3 is 0 Å². The monoisotopic (exact) mass is 386 g/mol. The van der Waals surface area contributed by atoms with Crippen LogP contribution in [0.2, 0.25) is 0 Å². The highest BCUT2D eigenvalue weighted by Crippen LogP contribution is 2.34. The highest BCUT2D eigenvalue weighted by atomic mass is 32.2. The lowest BCUT2D eigenvalue weighted by Crippen LogP contribution is -2.35. The Labute approximate surface area is 162 Å². The predicted octanol–water partition coefficient (Wildman–Crippen LogP) is 3.04. The molecule has 1 aromatic heterocycles. The summed E-state index contributed by atoms with van der Waals surface area (Å²) in [4.78, 5) is 27.6. The Hall–Kier alpha value is -2.38. The topological polar surface area (TPSA) is 88.5 Å². The number of nitrogens with zero attached hydrogens (tertiary/aromatic N) is 1. The number of aryl methyl sites for hydroxylation is 1. The molecule has 0 radical (unpaired) electrons. The second kappa shape index (κ2) is 8.10. The number of amides is 2. The zero-order valence-electron chi connectivity index (χ0n) is 15.3. The van der Waals surface area contributed by atoms with E-state index in [0.717, 1.165) is 29.3 Å². The summed E-state index contributed by atoms with van der Waals surface area (Å²) >= 11 is 1.02. The summed E-state index contributed by atoms with van der Waals surface area (Å²) < 4.78 is 4.85. The Morgan fingerprint density at radius 1 is 1.19 bits per heavy atom. The molecule has 142 valence electrons. The lowest BCUT2D eigenvalue weighted by molar-refractivity contribution is -0.121. The molecule has 2 N–H and O–H groups in total. The smallest absolute Gasteiger partial charge is 0.286 e. The molecule has 2 unspecified atom stereocenters. The number of rotatable bonds is 7. The van der Waals surface area contributed by atoms with Crippen molar-refractivity contribution in [1.82, 2.24) is 10.3 Å². The van der Waals surface area contributed by atoms with Gasteiger partial charge in [0, 0.05) is 6.20 Å². The maximum Gasteiger partial charge on any atom is 0.286 e. The van der Waals surface area contributed by atoms with Crippen LogP contribution in [0.25, 0.3) is 0 Å². The van der Waals surface area contributed by atoms with Gasteiger partial charge in [-0.1, -0.05) is 25.1 Å². The van der Waals surface area contributed by atoms with E-state index in [-0.39, 0.29) is 17.8 Å². The highest BCUT2D eigenvalue weighted by Gasteiger charge is 2.43. The molecule has 2 amide bonds. The summed E-state index contributed by atoms with van der Waals surface area (Å²) in [6.45, 7) is 3.91. The Morgan fingerprint density at radius 2 is 1.89 bits per heavy atom. The van der Waals surface area contributed by atoms with Crippen LogP contribution in [0.3, 0.4) is 0 Å². The first-order valence-corrected chi connectivity index (χ1v) is 9.60. The van der Waals surface area contributed by atoms with Crippen LogP contribution in [0.4, 0.5) is 4.79 Å². The first-order valence-electron chi connectivity index (χ1n) is 8.78. The highest BCUT2D eigenvalue weighted by molar-refractivity contribution is 8.16. The van der Waals surface area contributed by atoms with Crippen LogP contribution in [-0.4, -0.2) is 32.6 Å². The third kappa shape index (κ3) is 4.67. The number of carbonyl (C=O) groups is 2. The lowest BCUT2D eigenvalue weighted by atomic mass is 9.99. The van der Waals surface area contributed by atoms with Gasteiger partial charge in [-0.05, 0) is 60.9 Å². The van der Waals surface area contributed by atoms with Crippen molar-refractivity contribution in [2.75, 3.05) is 6.61 Å². The number of aliphatic hydroxyl groups is 1. The van der Waals surface area contributed by atoms with Gasteiger partial charge in [0.25, 0.3) is 5.24 Å². The number of pyridine rings is 1. The number of carbonyl (C=O) groups excluding carboxylic acids is 2. The maximum absolute atomic E-state index is 11.9. The molecule has 2 atom stereocenters. The summed E-state index contributed by atoms with van der Waals surface area (Å²) in [5, 5.41) is 12.2. The molecular weight excluding hydrogens is 364 g/mol. The molecule has 0 bridgehead atoms. The molecule has 1 saturated heterocycles. The fourth-order valence-electron chi connectivity index (χ4n) is 2.81. The minimum atomic E-state index is -0.806. The van der Waals surface area contributed by atoms with Gasteiger partial charge in [0.15, 0.2) is 0 Å².